The highest BCUT2D eigenvalue weighted by molar-refractivity contribution is 7.12. The summed E-state index contributed by atoms with van der Waals surface area (Å²) in [5, 5.41) is 4.83. The van der Waals surface area contributed by atoms with E-state index in [0.717, 1.165) is 30.0 Å². The summed E-state index contributed by atoms with van der Waals surface area (Å²) in [7, 11) is 0. The van der Waals surface area contributed by atoms with Crippen molar-refractivity contribution in [1.82, 2.24) is 4.90 Å². The van der Waals surface area contributed by atoms with E-state index in [2.05, 4.69) is 5.32 Å². The number of para-hydroxylation sites is 1. The number of rotatable bonds is 3. The van der Waals surface area contributed by atoms with Crippen LogP contribution in [0.15, 0.2) is 47.8 Å². The standard InChI is InChI=1S/C17H18N2O2S/c20-16(18-14-7-2-1-3-8-14)13-6-4-10-19(12-13)17(21)15-9-5-11-22-15/h1-3,5,7-9,11,13H,4,6,10,12H2,(H,18,20)/t13-/m1/s1. The number of likely N-dealkylation sites (tertiary alicyclic amines) is 1. The van der Waals surface area contributed by atoms with E-state index >= 15 is 0 Å². The smallest absolute Gasteiger partial charge is 0.263 e. The Hall–Kier alpha value is -2.14. The van der Waals surface area contributed by atoms with Gasteiger partial charge in [0, 0.05) is 18.8 Å². The number of anilines is 1. The molecule has 0 spiro atoms. The lowest BCUT2D eigenvalue weighted by Gasteiger charge is -2.31. The molecule has 1 aliphatic rings. The molecule has 4 nitrogen and oxygen atoms in total. The molecule has 2 aromatic rings. The molecule has 0 aliphatic carbocycles. The molecule has 1 fully saturated rings. The molecule has 2 heterocycles. The minimum atomic E-state index is -0.141. The van der Waals surface area contributed by atoms with Crippen LogP contribution in [0.1, 0.15) is 22.5 Å². The van der Waals surface area contributed by atoms with E-state index in [1.54, 1.807) is 4.90 Å². The van der Waals surface area contributed by atoms with Crippen molar-refractivity contribution < 1.29 is 9.59 Å². The molecule has 22 heavy (non-hydrogen) atoms. The van der Waals surface area contributed by atoms with E-state index in [9.17, 15) is 9.59 Å². The SMILES string of the molecule is O=C(Nc1ccccc1)[C@@H]1CCCN(C(=O)c2cccs2)C1. The van der Waals surface area contributed by atoms with Crippen molar-refractivity contribution in [1.29, 1.82) is 0 Å². The van der Waals surface area contributed by atoms with Gasteiger partial charge < -0.3 is 10.2 Å². The van der Waals surface area contributed by atoms with E-state index in [0.29, 0.717) is 6.54 Å². The third-order valence-corrected chi connectivity index (χ3v) is 4.71. The molecular weight excluding hydrogens is 296 g/mol. The molecule has 0 unspecified atom stereocenters. The first-order chi connectivity index (χ1) is 10.7. The third kappa shape index (κ3) is 3.36. The van der Waals surface area contributed by atoms with Crippen LogP contribution >= 0.6 is 11.3 Å². The second-order valence-corrected chi connectivity index (χ2v) is 6.37. The van der Waals surface area contributed by atoms with Gasteiger partial charge in [0.15, 0.2) is 0 Å². The molecule has 2 amide bonds. The van der Waals surface area contributed by atoms with Crippen molar-refractivity contribution in [2.45, 2.75) is 12.8 Å². The number of carbonyl (C=O) groups is 2. The summed E-state index contributed by atoms with van der Waals surface area (Å²) in [6.45, 7) is 1.22. The van der Waals surface area contributed by atoms with Crippen LogP contribution in [0.2, 0.25) is 0 Å². The van der Waals surface area contributed by atoms with Crippen LogP contribution in [0.25, 0.3) is 0 Å². The Bertz CT molecular complexity index is 640. The maximum Gasteiger partial charge on any atom is 0.263 e. The highest BCUT2D eigenvalue weighted by Gasteiger charge is 2.29. The zero-order valence-corrected chi connectivity index (χ0v) is 13.0. The Morgan fingerprint density at radius 1 is 1.14 bits per heavy atom. The zero-order chi connectivity index (χ0) is 15.4. The quantitative estimate of drug-likeness (QED) is 0.945. The summed E-state index contributed by atoms with van der Waals surface area (Å²) >= 11 is 1.45. The number of amides is 2. The minimum absolute atomic E-state index is 0.00474. The molecule has 0 bridgehead atoms. The molecule has 114 valence electrons. The largest absolute Gasteiger partial charge is 0.337 e. The van der Waals surface area contributed by atoms with E-state index < -0.39 is 0 Å². The van der Waals surface area contributed by atoms with Crippen LogP contribution < -0.4 is 5.32 Å². The minimum Gasteiger partial charge on any atom is -0.337 e. The first-order valence-corrected chi connectivity index (χ1v) is 8.30. The van der Waals surface area contributed by atoms with Gasteiger partial charge >= 0.3 is 0 Å². The van der Waals surface area contributed by atoms with Crippen molar-refractivity contribution >= 4 is 28.8 Å². The van der Waals surface area contributed by atoms with Crippen molar-refractivity contribution in [3.8, 4) is 0 Å². The van der Waals surface area contributed by atoms with Gasteiger partial charge in [0.25, 0.3) is 5.91 Å². The van der Waals surface area contributed by atoms with Gasteiger partial charge in [-0.05, 0) is 36.4 Å². The van der Waals surface area contributed by atoms with E-state index in [1.807, 2.05) is 47.8 Å². The van der Waals surface area contributed by atoms with Gasteiger partial charge in [0.1, 0.15) is 0 Å². The Balaban J connectivity index is 1.63. The lowest BCUT2D eigenvalue weighted by molar-refractivity contribution is -0.121. The van der Waals surface area contributed by atoms with Crippen molar-refractivity contribution in [3.63, 3.8) is 0 Å². The predicted molar refractivity (Wildman–Crippen MR) is 88.0 cm³/mol. The Morgan fingerprint density at radius 3 is 2.68 bits per heavy atom. The number of thiophene rings is 1. The zero-order valence-electron chi connectivity index (χ0n) is 12.2. The maximum atomic E-state index is 12.4. The highest BCUT2D eigenvalue weighted by Crippen LogP contribution is 2.21. The lowest BCUT2D eigenvalue weighted by Crippen LogP contribution is -2.43. The van der Waals surface area contributed by atoms with Crippen molar-refractivity contribution in [3.05, 3.63) is 52.7 Å². The molecule has 3 rings (SSSR count). The number of nitrogens with zero attached hydrogens (tertiary/aromatic N) is 1. The van der Waals surface area contributed by atoms with Crippen LogP contribution in [0.4, 0.5) is 5.69 Å². The van der Waals surface area contributed by atoms with Gasteiger partial charge in [-0.3, -0.25) is 9.59 Å². The fourth-order valence-electron chi connectivity index (χ4n) is 2.70. The van der Waals surface area contributed by atoms with E-state index in [1.165, 1.54) is 11.3 Å². The summed E-state index contributed by atoms with van der Waals surface area (Å²) in [4.78, 5) is 27.3. The molecule has 0 radical (unpaired) electrons. The summed E-state index contributed by atoms with van der Waals surface area (Å²) in [5.41, 5.74) is 0.800. The number of hydrogen-bond donors (Lipinski definition) is 1. The molecule has 0 saturated carbocycles. The Labute approximate surface area is 133 Å². The Kier molecular flexibility index (Phi) is 4.53. The average Bonchev–Trinajstić information content (AvgIpc) is 3.09. The van der Waals surface area contributed by atoms with Crippen molar-refractivity contribution in [2.75, 3.05) is 18.4 Å². The predicted octanol–water partition coefficient (Wildman–Crippen LogP) is 3.24. The normalized spacial score (nSPS) is 18.0. The van der Waals surface area contributed by atoms with Gasteiger partial charge in [0.2, 0.25) is 5.91 Å². The molecule has 1 aromatic carbocycles. The number of nitrogens with one attached hydrogen (secondary N) is 1. The van der Waals surface area contributed by atoms with Crippen LogP contribution in [0.5, 0.6) is 0 Å². The Morgan fingerprint density at radius 2 is 1.95 bits per heavy atom. The second kappa shape index (κ2) is 6.75. The first kappa shape index (κ1) is 14.8. The summed E-state index contributed by atoms with van der Waals surface area (Å²) in [6, 6.07) is 13.1. The van der Waals surface area contributed by atoms with E-state index in [-0.39, 0.29) is 17.7 Å². The number of carbonyl (C=O) groups excluding carboxylic acids is 2. The molecule has 5 heteroatoms. The van der Waals surface area contributed by atoms with Gasteiger partial charge in [-0.25, -0.2) is 0 Å². The van der Waals surface area contributed by atoms with Crippen LogP contribution in [-0.2, 0) is 4.79 Å². The fourth-order valence-corrected chi connectivity index (χ4v) is 3.39. The van der Waals surface area contributed by atoms with E-state index in [4.69, 9.17) is 0 Å². The number of benzene rings is 1. The number of piperidine rings is 1. The molecular formula is C17H18N2O2S. The molecule has 1 aromatic heterocycles. The van der Waals surface area contributed by atoms with Gasteiger partial charge in [-0.15, -0.1) is 11.3 Å². The summed E-state index contributed by atoms with van der Waals surface area (Å²) < 4.78 is 0. The molecule has 1 saturated heterocycles. The van der Waals surface area contributed by atoms with Crippen LogP contribution in [0.3, 0.4) is 0 Å². The summed E-state index contributed by atoms with van der Waals surface area (Å²) in [6.07, 6.45) is 1.69. The topological polar surface area (TPSA) is 49.4 Å². The van der Waals surface area contributed by atoms with Crippen LogP contribution in [-0.4, -0.2) is 29.8 Å². The maximum absolute atomic E-state index is 12.4. The first-order valence-electron chi connectivity index (χ1n) is 7.43. The molecule has 1 atom stereocenters. The monoisotopic (exact) mass is 314 g/mol. The highest BCUT2D eigenvalue weighted by atomic mass is 32.1. The van der Waals surface area contributed by atoms with Crippen molar-refractivity contribution in [2.24, 2.45) is 5.92 Å². The molecule has 1 aliphatic heterocycles. The lowest BCUT2D eigenvalue weighted by atomic mass is 9.97. The van der Waals surface area contributed by atoms with Gasteiger partial charge in [-0.1, -0.05) is 24.3 Å². The van der Waals surface area contributed by atoms with Crippen LogP contribution in [0, 0.1) is 5.92 Å². The third-order valence-electron chi connectivity index (χ3n) is 3.85. The summed E-state index contributed by atoms with van der Waals surface area (Å²) in [5.74, 6) is -0.111. The molecule has 1 N–H and O–H groups in total. The fraction of sp³-hybridized carbons (Fsp3) is 0.294. The average molecular weight is 314 g/mol. The second-order valence-electron chi connectivity index (χ2n) is 5.42. The number of hydrogen-bond acceptors (Lipinski definition) is 3. The van der Waals surface area contributed by atoms with Gasteiger partial charge in [-0.2, -0.15) is 0 Å². The van der Waals surface area contributed by atoms with Gasteiger partial charge in [0.05, 0.1) is 10.8 Å².